The van der Waals surface area contributed by atoms with E-state index < -0.39 is 23.4 Å². The monoisotopic (exact) mass is 460 g/mol. The van der Waals surface area contributed by atoms with Crippen LogP contribution < -0.4 is 0 Å². The molecular formula is C28H29F5. The van der Waals surface area contributed by atoms with Crippen molar-refractivity contribution in [2.24, 2.45) is 5.92 Å². The van der Waals surface area contributed by atoms with Crippen LogP contribution in [0.2, 0.25) is 0 Å². The average molecular weight is 461 g/mol. The van der Waals surface area contributed by atoms with Gasteiger partial charge in [-0.3, -0.25) is 0 Å². The quantitative estimate of drug-likeness (QED) is 0.254. The predicted octanol–water partition coefficient (Wildman–Crippen LogP) is 9.66. The summed E-state index contributed by atoms with van der Waals surface area (Å²) < 4.78 is 67.8. The highest BCUT2D eigenvalue weighted by Crippen LogP contribution is 2.40. The van der Waals surface area contributed by atoms with Crippen LogP contribution in [0.3, 0.4) is 0 Å². The van der Waals surface area contributed by atoms with Gasteiger partial charge in [0.25, 0.3) is 0 Å². The van der Waals surface area contributed by atoms with Crippen molar-refractivity contribution in [1.82, 2.24) is 0 Å². The first-order valence-corrected chi connectivity index (χ1v) is 11.9. The van der Waals surface area contributed by atoms with Crippen LogP contribution in [0.25, 0.3) is 21.9 Å². The van der Waals surface area contributed by atoms with Gasteiger partial charge in [-0.1, -0.05) is 69.0 Å². The third-order valence-electron chi connectivity index (χ3n) is 7.10. The van der Waals surface area contributed by atoms with Gasteiger partial charge in [0.1, 0.15) is 11.6 Å². The van der Waals surface area contributed by atoms with E-state index >= 15 is 4.39 Å². The summed E-state index contributed by atoms with van der Waals surface area (Å²) in [5.74, 6) is -0.654. The maximum atomic E-state index is 15.2. The maximum Gasteiger partial charge on any atom is 0.419 e. The normalized spacial score (nSPS) is 19.2. The zero-order valence-corrected chi connectivity index (χ0v) is 18.8. The second kappa shape index (κ2) is 9.82. The molecule has 0 nitrogen and oxygen atoms in total. The smallest absolute Gasteiger partial charge is 0.206 e. The molecule has 33 heavy (non-hydrogen) atoms. The fourth-order valence-corrected chi connectivity index (χ4v) is 5.17. The Balaban J connectivity index is 1.53. The molecule has 0 atom stereocenters. The molecule has 176 valence electrons. The van der Waals surface area contributed by atoms with Gasteiger partial charge >= 0.3 is 6.18 Å². The van der Waals surface area contributed by atoms with E-state index in [0.29, 0.717) is 17.4 Å². The van der Waals surface area contributed by atoms with E-state index in [1.807, 2.05) is 12.1 Å². The lowest BCUT2D eigenvalue weighted by Crippen LogP contribution is -2.13. The van der Waals surface area contributed by atoms with Gasteiger partial charge in [-0.05, 0) is 66.2 Å². The van der Waals surface area contributed by atoms with Gasteiger partial charge in [0, 0.05) is 10.9 Å². The Kier molecular flexibility index (Phi) is 7.06. The van der Waals surface area contributed by atoms with Gasteiger partial charge in [-0.25, -0.2) is 8.78 Å². The molecule has 4 rings (SSSR count). The Hall–Kier alpha value is -2.43. The number of fused-ring (bicyclic) bond motifs is 1. The molecule has 0 amide bonds. The van der Waals surface area contributed by atoms with Crippen molar-refractivity contribution in [3.8, 4) is 11.1 Å². The summed E-state index contributed by atoms with van der Waals surface area (Å²) in [7, 11) is 0. The van der Waals surface area contributed by atoms with Crippen LogP contribution >= 0.6 is 0 Å². The minimum Gasteiger partial charge on any atom is -0.206 e. The molecular weight excluding hydrogens is 431 g/mol. The number of benzene rings is 3. The van der Waals surface area contributed by atoms with Crippen molar-refractivity contribution in [3.63, 3.8) is 0 Å². The third-order valence-corrected chi connectivity index (χ3v) is 7.10. The fraction of sp³-hybridized carbons (Fsp3) is 0.429. The standard InChI is InChI=1S/C28H29F5/c1-2-3-4-5-18-6-8-19(9-7-18)20-10-13-23-21(16-20)11-14-24(27(23)30)22-12-15-25(26(29)17-22)28(31,32)33/h10-19H,2-9H2,1H3. The van der Waals surface area contributed by atoms with Crippen LogP contribution in [0.15, 0.2) is 48.5 Å². The molecule has 0 saturated heterocycles. The summed E-state index contributed by atoms with van der Waals surface area (Å²) in [6.45, 7) is 2.23. The molecule has 3 aromatic rings. The summed E-state index contributed by atoms with van der Waals surface area (Å²) in [5.41, 5.74) is 0.0419. The van der Waals surface area contributed by atoms with Gasteiger partial charge in [0.05, 0.1) is 5.56 Å². The highest BCUT2D eigenvalue weighted by molar-refractivity contribution is 5.89. The van der Waals surface area contributed by atoms with Crippen molar-refractivity contribution in [1.29, 1.82) is 0 Å². The number of hydrogen-bond donors (Lipinski definition) is 0. The highest BCUT2D eigenvalue weighted by Gasteiger charge is 2.34. The van der Waals surface area contributed by atoms with Gasteiger partial charge < -0.3 is 0 Å². The molecule has 0 aromatic heterocycles. The minimum absolute atomic E-state index is 0.0883. The van der Waals surface area contributed by atoms with Gasteiger partial charge in [-0.15, -0.1) is 0 Å². The van der Waals surface area contributed by atoms with Crippen LogP contribution in [0.4, 0.5) is 22.0 Å². The molecule has 0 N–H and O–H groups in total. The van der Waals surface area contributed by atoms with Crippen molar-refractivity contribution in [2.75, 3.05) is 0 Å². The Morgan fingerprint density at radius 1 is 0.848 bits per heavy atom. The predicted molar refractivity (Wildman–Crippen MR) is 123 cm³/mol. The molecule has 0 radical (unpaired) electrons. The molecule has 5 heteroatoms. The minimum atomic E-state index is -4.78. The second-order valence-corrected chi connectivity index (χ2v) is 9.31. The average Bonchev–Trinajstić information content (AvgIpc) is 2.79. The number of rotatable bonds is 6. The fourth-order valence-electron chi connectivity index (χ4n) is 5.17. The Morgan fingerprint density at radius 2 is 1.61 bits per heavy atom. The molecule has 1 aliphatic rings. The lowest BCUT2D eigenvalue weighted by Gasteiger charge is -2.29. The Labute approximate surface area is 191 Å². The van der Waals surface area contributed by atoms with Crippen molar-refractivity contribution in [3.05, 3.63) is 71.3 Å². The molecule has 0 bridgehead atoms. The summed E-state index contributed by atoms with van der Waals surface area (Å²) in [6.07, 6.45) is 5.16. The number of hydrogen-bond acceptors (Lipinski definition) is 0. The van der Waals surface area contributed by atoms with E-state index in [1.165, 1.54) is 50.2 Å². The van der Waals surface area contributed by atoms with Crippen molar-refractivity contribution in [2.45, 2.75) is 70.4 Å². The summed E-state index contributed by atoms with van der Waals surface area (Å²) in [4.78, 5) is 0. The summed E-state index contributed by atoms with van der Waals surface area (Å²) in [6, 6.07) is 11.6. The van der Waals surface area contributed by atoms with E-state index in [0.717, 1.165) is 36.3 Å². The topological polar surface area (TPSA) is 0 Å². The van der Waals surface area contributed by atoms with E-state index in [1.54, 1.807) is 12.1 Å². The van der Waals surface area contributed by atoms with Crippen LogP contribution in [-0.2, 0) is 6.18 Å². The van der Waals surface area contributed by atoms with Gasteiger partial charge in [-0.2, -0.15) is 13.2 Å². The van der Waals surface area contributed by atoms with E-state index in [9.17, 15) is 17.6 Å². The molecule has 0 spiro atoms. The molecule has 0 heterocycles. The largest absolute Gasteiger partial charge is 0.419 e. The van der Waals surface area contributed by atoms with Crippen LogP contribution in [-0.4, -0.2) is 0 Å². The molecule has 0 aliphatic heterocycles. The van der Waals surface area contributed by atoms with E-state index in [2.05, 4.69) is 6.92 Å². The summed E-state index contributed by atoms with van der Waals surface area (Å²) in [5, 5.41) is 1.15. The SMILES string of the molecule is CCCCCC1CCC(c2ccc3c(F)c(-c4ccc(C(F)(F)F)c(F)c4)ccc3c2)CC1. The van der Waals surface area contributed by atoms with Crippen LogP contribution in [0, 0.1) is 17.6 Å². The van der Waals surface area contributed by atoms with E-state index in [4.69, 9.17) is 0 Å². The summed E-state index contributed by atoms with van der Waals surface area (Å²) >= 11 is 0. The lowest BCUT2D eigenvalue weighted by molar-refractivity contribution is -0.139. The molecule has 0 unspecified atom stereocenters. The Morgan fingerprint density at radius 3 is 2.27 bits per heavy atom. The third kappa shape index (κ3) is 5.23. The van der Waals surface area contributed by atoms with Gasteiger partial charge in [0.2, 0.25) is 0 Å². The van der Waals surface area contributed by atoms with Crippen molar-refractivity contribution < 1.29 is 22.0 Å². The lowest BCUT2D eigenvalue weighted by atomic mass is 9.76. The molecule has 1 aliphatic carbocycles. The number of halogens is 5. The molecule has 1 fully saturated rings. The first-order chi connectivity index (χ1) is 15.8. The van der Waals surface area contributed by atoms with Gasteiger partial charge in [0.15, 0.2) is 0 Å². The number of unbranched alkanes of at least 4 members (excludes halogenated alkanes) is 2. The van der Waals surface area contributed by atoms with Crippen molar-refractivity contribution >= 4 is 10.8 Å². The van der Waals surface area contributed by atoms with E-state index in [-0.39, 0.29) is 11.1 Å². The van der Waals surface area contributed by atoms with Crippen LogP contribution in [0.1, 0.15) is 75.3 Å². The first-order valence-electron chi connectivity index (χ1n) is 11.9. The molecule has 3 aromatic carbocycles. The zero-order valence-electron chi connectivity index (χ0n) is 18.8. The maximum absolute atomic E-state index is 15.2. The van der Waals surface area contributed by atoms with Crippen LogP contribution in [0.5, 0.6) is 0 Å². The first kappa shape index (κ1) is 23.7. The Bertz CT molecular complexity index is 1110. The molecule has 1 saturated carbocycles. The zero-order chi connectivity index (χ0) is 23.6. The number of alkyl halides is 3. The second-order valence-electron chi connectivity index (χ2n) is 9.31. The highest BCUT2D eigenvalue weighted by atomic mass is 19.4.